The lowest BCUT2D eigenvalue weighted by molar-refractivity contribution is 0.900. The zero-order valence-electron chi connectivity index (χ0n) is 18.7. The first-order valence-electron chi connectivity index (χ1n) is 10.3. The molecule has 0 aromatic carbocycles. The van der Waals surface area contributed by atoms with Crippen molar-refractivity contribution >= 4 is 5.57 Å². The fourth-order valence-corrected chi connectivity index (χ4v) is 3.24. The Balaban J connectivity index is 2.75. The monoisotopic (exact) mass is 413 g/mol. The zero-order valence-corrected chi connectivity index (χ0v) is 18.7. The molecule has 0 fully saturated rings. The van der Waals surface area contributed by atoms with E-state index in [2.05, 4.69) is 24.7 Å². The number of aromatic nitrogens is 3. The van der Waals surface area contributed by atoms with Crippen molar-refractivity contribution in [3.63, 3.8) is 0 Å². The molecule has 1 N–H and O–H groups in total. The van der Waals surface area contributed by atoms with E-state index in [1.54, 1.807) is 22.8 Å². The van der Waals surface area contributed by atoms with Gasteiger partial charge in [0.05, 0.1) is 11.4 Å². The predicted molar refractivity (Wildman–Crippen MR) is 133 cm³/mol. The molecule has 2 rings (SSSR count). The second-order valence-corrected chi connectivity index (χ2v) is 6.94. The highest BCUT2D eigenvalue weighted by atomic mass is 16.1. The van der Waals surface area contributed by atoms with Crippen LogP contribution in [0.5, 0.6) is 0 Å². The summed E-state index contributed by atoms with van der Waals surface area (Å²) < 4.78 is 1.64. The molecule has 0 unspecified atom stereocenters. The van der Waals surface area contributed by atoms with Gasteiger partial charge in [-0.25, -0.2) is 4.98 Å². The number of hydrogen-bond acceptors (Lipinski definition) is 2. The molecular weight excluding hydrogens is 382 g/mol. The number of aromatic amines is 1. The molecule has 0 saturated heterocycles. The van der Waals surface area contributed by atoms with Crippen LogP contribution >= 0.6 is 0 Å². The molecule has 0 aromatic heterocycles. The van der Waals surface area contributed by atoms with Crippen LogP contribution in [0, 0.1) is 0 Å². The molecule has 160 valence electrons. The van der Waals surface area contributed by atoms with E-state index in [9.17, 15) is 4.79 Å². The number of imidazole rings is 1. The Labute approximate surface area is 185 Å². The van der Waals surface area contributed by atoms with E-state index in [-0.39, 0.29) is 5.56 Å². The Hall–Kier alpha value is -3.66. The molecule has 0 amide bonds. The third-order valence-corrected chi connectivity index (χ3v) is 4.91. The van der Waals surface area contributed by atoms with Crippen molar-refractivity contribution < 1.29 is 0 Å². The molecule has 0 radical (unpaired) electrons. The Bertz CT molecular complexity index is 1130. The fraction of sp³-hybridized carbons (Fsp3) is 0.185. The Morgan fingerprint density at radius 3 is 2.39 bits per heavy atom. The van der Waals surface area contributed by atoms with E-state index in [0.717, 1.165) is 28.1 Å². The number of hydrogen-bond donors (Lipinski definition) is 1. The molecule has 0 aliphatic carbocycles. The van der Waals surface area contributed by atoms with Crippen LogP contribution in [0.25, 0.3) is 11.4 Å². The smallest absolute Gasteiger partial charge is 0.278 e. The molecule has 0 spiro atoms. The molecule has 0 atom stereocenters. The maximum absolute atomic E-state index is 13.2. The lowest BCUT2D eigenvalue weighted by Crippen LogP contribution is -2.18. The molecular formula is C27H31N3O. The van der Waals surface area contributed by atoms with Gasteiger partial charge in [-0.1, -0.05) is 80.5 Å². The van der Waals surface area contributed by atoms with Gasteiger partial charge in [-0.3, -0.25) is 9.36 Å². The molecule has 31 heavy (non-hydrogen) atoms. The van der Waals surface area contributed by atoms with Crippen LogP contribution in [0.15, 0.2) is 103 Å². The summed E-state index contributed by atoms with van der Waals surface area (Å²) in [5.74, 6) is 0.632. The minimum atomic E-state index is -0.116. The quantitative estimate of drug-likeness (QED) is 0.482. The van der Waals surface area contributed by atoms with Crippen molar-refractivity contribution in [2.45, 2.75) is 33.6 Å². The first-order valence-corrected chi connectivity index (χ1v) is 10.3. The van der Waals surface area contributed by atoms with Gasteiger partial charge in [0.1, 0.15) is 5.69 Å². The summed E-state index contributed by atoms with van der Waals surface area (Å²) in [5, 5.41) is 0. The largest absolute Gasteiger partial charge is 0.354 e. The standard InChI is InChI=1S/C27H31N3O/c1-7-13-16-21(12-6)18-23-26-29-24(17-20(10-4)11-5)27(31)30(26)19-25(28-23)22(14-8-2)15-9-3/h7-16,19,28H,1-2,4,17-18H2,3,5-6H3/b15-9-,16-13-,20-11+,21-12+,22-14+. The normalized spacial score (nSPS) is 13.5. The van der Waals surface area contributed by atoms with Crippen LogP contribution in [-0.4, -0.2) is 14.5 Å². The van der Waals surface area contributed by atoms with Gasteiger partial charge in [-0.15, -0.1) is 0 Å². The molecule has 0 bridgehead atoms. The third kappa shape index (κ3) is 5.70. The van der Waals surface area contributed by atoms with Gasteiger partial charge in [0, 0.05) is 19.0 Å². The minimum absolute atomic E-state index is 0.116. The summed E-state index contributed by atoms with van der Waals surface area (Å²) in [6.45, 7) is 17.3. The number of rotatable bonds is 10. The molecule has 2 heterocycles. The van der Waals surface area contributed by atoms with Crippen LogP contribution in [0.1, 0.15) is 37.9 Å². The molecule has 2 aliphatic rings. The number of nitrogens with one attached hydrogen (secondary N) is 1. The second kappa shape index (κ2) is 11.5. The summed E-state index contributed by atoms with van der Waals surface area (Å²) in [4.78, 5) is 21.4. The van der Waals surface area contributed by atoms with Crippen molar-refractivity contribution in [2.75, 3.05) is 0 Å². The van der Waals surface area contributed by atoms with Gasteiger partial charge < -0.3 is 4.98 Å². The highest BCUT2D eigenvalue weighted by Gasteiger charge is 2.20. The first-order chi connectivity index (χ1) is 15.0. The molecule has 0 saturated carbocycles. The maximum atomic E-state index is 13.2. The van der Waals surface area contributed by atoms with E-state index >= 15 is 0 Å². The van der Waals surface area contributed by atoms with Crippen molar-refractivity contribution in [3.05, 3.63) is 125 Å². The number of allylic oxidation sites excluding steroid dienone is 13. The summed E-state index contributed by atoms with van der Waals surface area (Å²) >= 11 is 0. The zero-order chi connectivity index (χ0) is 22.8. The van der Waals surface area contributed by atoms with Gasteiger partial charge in [0.15, 0.2) is 5.82 Å². The van der Waals surface area contributed by atoms with Gasteiger partial charge in [0.2, 0.25) is 0 Å². The van der Waals surface area contributed by atoms with Gasteiger partial charge in [-0.2, -0.15) is 0 Å². The Kier molecular flexibility index (Phi) is 8.77. The predicted octanol–water partition coefficient (Wildman–Crippen LogP) is 6.05. The summed E-state index contributed by atoms with van der Waals surface area (Å²) in [7, 11) is 0. The van der Waals surface area contributed by atoms with E-state index in [1.165, 1.54) is 0 Å². The summed E-state index contributed by atoms with van der Waals surface area (Å²) in [5.41, 5.74) is 5.06. The van der Waals surface area contributed by atoms with Gasteiger partial charge in [0.25, 0.3) is 5.56 Å². The Morgan fingerprint density at radius 2 is 1.81 bits per heavy atom. The molecule has 4 heteroatoms. The fourth-order valence-electron chi connectivity index (χ4n) is 3.24. The van der Waals surface area contributed by atoms with Crippen LogP contribution in [-0.2, 0) is 12.8 Å². The minimum Gasteiger partial charge on any atom is -0.354 e. The molecule has 2 aliphatic heterocycles. The SMILES string of the molecule is C=C/C=C\C(=C/C)Cc1[nH]c(C(/C=C\C)=C/C=C)cn2c(=O)c(C/C(C=C)=C/C)nc1-2. The van der Waals surface area contributed by atoms with E-state index in [0.29, 0.717) is 24.4 Å². The van der Waals surface area contributed by atoms with E-state index < -0.39 is 0 Å². The lowest BCUT2D eigenvalue weighted by Gasteiger charge is -2.14. The Morgan fingerprint density at radius 1 is 1.06 bits per heavy atom. The van der Waals surface area contributed by atoms with Crippen LogP contribution in [0.2, 0.25) is 0 Å². The average molecular weight is 414 g/mol. The topological polar surface area (TPSA) is 50.7 Å². The van der Waals surface area contributed by atoms with Crippen LogP contribution < -0.4 is 5.56 Å². The van der Waals surface area contributed by atoms with E-state index in [4.69, 9.17) is 4.98 Å². The average Bonchev–Trinajstić information content (AvgIpc) is 3.10. The van der Waals surface area contributed by atoms with Crippen LogP contribution in [0.3, 0.4) is 0 Å². The summed E-state index contributed by atoms with van der Waals surface area (Å²) in [6.07, 6.45) is 21.8. The lowest BCUT2D eigenvalue weighted by atomic mass is 10.1. The second-order valence-electron chi connectivity index (χ2n) is 6.94. The van der Waals surface area contributed by atoms with Crippen molar-refractivity contribution in [1.82, 2.24) is 14.5 Å². The van der Waals surface area contributed by atoms with E-state index in [1.807, 2.05) is 69.5 Å². The summed E-state index contributed by atoms with van der Waals surface area (Å²) in [6, 6.07) is 0. The highest BCUT2D eigenvalue weighted by Crippen LogP contribution is 2.22. The third-order valence-electron chi connectivity index (χ3n) is 4.91. The molecule has 4 nitrogen and oxygen atoms in total. The maximum Gasteiger partial charge on any atom is 0.278 e. The number of H-pyrrole nitrogens is 1. The number of nitrogens with zero attached hydrogens (tertiary/aromatic N) is 2. The number of fused-ring (bicyclic) bond motifs is 1. The van der Waals surface area contributed by atoms with Crippen molar-refractivity contribution in [3.8, 4) is 5.82 Å². The van der Waals surface area contributed by atoms with Crippen molar-refractivity contribution in [2.24, 2.45) is 0 Å². The highest BCUT2D eigenvalue weighted by molar-refractivity contribution is 5.73. The van der Waals surface area contributed by atoms with Gasteiger partial charge >= 0.3 is 0 Å². The van der Waals surface area contributed by atoms with Crippen molar-refractivity contribution in [1.29, 1.82) is 0 Å². The van der Waals surface area contributed by atoms with Gasteiger partial charge in [-0.05, 0) is 37.5 Å². The first kappa shape index (κ1) is 23.6. The molecule has 0 aromatic rings. The van der Waals surface area contributed by atoms with Crippen LogP contribution in [0.4, 0.5) is 0 Å².